The Bertz CT molecular complexity index is 1800. The topological polar surface area (TPSA) is 133 Å². The molecule has 0 unspecified atom stereocenters. The van der Waals surface area contributed by atoms with Crippen LogP contribution in [0.3, 0.4) is 0 Å². The zero-order valence-corrected chi connectivity index (χ0v) is 25.0. The molecular weight excluding hydrogens is 573 g/mol. The lowest BCUT2D eigenvalue weighted by molar-refractivity contribution is -0.111. The number of likely N-dealkylation sites (N-methyl/N-ethyl adjacent to an activating group) is 1. The average molecular weight is 608 g/mol. The van der Waals surface area contributed by atoms with E-state index >= 15 is 0 Å². The fourth-order valence-corrected chi connectivity index (χ4v) is 5.89. The second-order valence-electron chi connectivity index (χ2n) is 11.4. The number of fused-ring (bicyclic) bond motifs is 1. The summed E-state index contributed by atoms with van der Waals surface area (Å²) in [5, 5.41) is 16.7. The lowest BCUT2D eigenvalue weighted by atomic mass is 10.0. The first kappa shape index (κ1) is 29.8. The highest BCUT2D eigenvalue weighted by Crippen LogP contribution is 2.32. The van der Waals surface area contributed by atoms with Gasteiger partial charge in [0, 0.05) is 73.5 Å². The number of nitrogens with one attached hydrogen (secondary N) is 3. The number of carbonyl (C=O) groups excluding carboxylic acids is 2. The number of amides is 2. The molecule has 0 bridgehead atoms. The number of hydrogen-bond donors (Lipinski definition) is 3. The van der Waals surface area contributed by atoms with E-state index in [1.165, 1.54) is 24.4 Å². The third-order valence-corrected chi connectivity index (χ3v) is 8.46. The maximum atomic E-state index is 13.7. The molecule has 0 radical (unpaired) electrons. The number of piperidine rings is 1. The summed E-state index contributed by atoms with van der Waals surface area (Å²) in [6, 6.07) is 12.1. The van der Waals surface area contributed by atoms with E-state index in [9.17, 15) is 19.2 Å². The van der Waals surface area contributed by atoms with Crippen molar-refractivity contribution in [3.8, 4) is 17.3 Å². The van der Waals surface area contributed by atoms with Crippen molar-refractivity contribution in [1.29, 1.82) is 5.26 Å². The van der Waals surface area contributed by atoms with Gasteiger partial charge in [0.05, 0.1) is 28.8 Å². The molecule has 0 saturated carbocycles. The molecule has 230 valence electrons. The summed E-state index contributed by atoms with van der Waals surface area (Å²) >= 11 is 0. The van der Waals surface area contributed by atoms with E-state index in [0.717, 1.165) is 37.3 Å². The van der Waals surface area contributed by atoms with Gasteiger partial charge in [-0.1, -0.05) is 6.58 Å². The second kappa shape index (κ2) is 12.8. The molecule has 2 aliphatic heterocycles. The number of aromatic amines is 1. The van der Waals surface area contributed by atoms with Gasteiger partial charge in [-0.3, -0.25) is 9.59 Å². The van der Waals surface area contributed by atoms with Crippen LogP contribution in [0, 0.1) is 17.1 Å². The minimum Gasteiger partial charge on any atom is -0.367 e. The Labute approximate surface area is 260 Å². The van der Waals surface area contributed by atoms with Gasteiger partial charge >= 0.3 is 0 Å². The first-order valence-electron chi connectivity index (χ1n) is 14.9. The monoisotopic (exact) mass is 607 g/mol. The molecular formula is C33H34FN9O2. The molecule has 4 heterocycles. The largest absolute Gasteiger partial charge is 0.367 e. The van der Waals surface area contributed by atoms with Crippen molar-refractivity contribution in [2.45, 2.75) is 18.9 Å². The first-order valence-corrected chi connectivity index (χ1v) is 14.9. The van der Waals surface area contributed by atoms with Gasteiger partial charge in [-0.25, -0.2) is 14.4 Å². The highest BCUT2D eigenvalue weighted by Gasteiger charge is 2.26. The minimum atomic E-state index is -0.351. The summed E-state index contributed by atoms with van der Waals surface area (Å²) in [7, 11) is 2.08. The number of hydrogen-bond acceptors (Lipinski definition) is 8. The van der Waals surface area contributed by atoms with E-state index in [0.29, 0.717) is 65.5 Å². The van der Waals surface area contributed by atoms with Crippen molar-refractivity contribution in [1.82, 2.24) is 24.8 Å². The SMILES string of the molecule is C=CC(=O)Nc1ccc(C(=O)N2CCC(Nc3ncc(C#N)c(-c4c[nH]c5cc(F)ccc45)n3)CC2)cc1N1CCN(C)CC1. The van der Waals surface area contributed by atoms with E-state index < -0.39 is 0 Å². The number of nitrogens with zero attached hydrogens (tertiary/aromatic N) is 6. The summed E-state index contributed by atoms with van der Waals surface area (Å²) in [4.78, 5) is 44.1. The molecule has 3 N–H and O–H groups in total. The smallest absolute Gasteiger partial charge is 0.253 e. The van der Waals surface area contributed by atoms with Gasteiger partial charge in [-0.2, -0.15) is 5.26 Å². The van der Waals surface area contributed by atoms with Gasteiger partial charge in [-0.15, -0.1) is 0 Å². The van der Waals surface area contributed by atoms with Crippen LogP contribution in [0.5, 0.6) is 0 Å². The van der Waals surface area contributed by atoms with Crippen LogP contribution in [-0.4, -0.2) is 88.9 Å². The van der Waals surface area contributed by atoms with E-state index in [4.69, 9.17) is 0 Å². The molecule has 2 saturated heterocycles. The number of benzene rings is 2. The maximum absolute atomic E-state index is 13.7. The molecule has 2 amide bonds. The molecule has 0 atom stereocenters. The fourth-order valence-electron chi connectivity index (χ4n) is 5.89. The quantitative estimate of drug-likeness (QED) is 0.266. The number of piperazine rings is 1. The lowest BCUT2D eigenvalue weighted by Crippen LogP contribution is -2.45. The third-order valence-electron chi connectivity index (χ3n) is 8.46. The van der Waals surface area contributed by atoms with Gasteiger partial charge in [0.1, 0.15) is 11.9 Å². The van der Waals surface area contributed by atoms with E-state index in [2.05, 4.69) is 55.1 Å². The molecule has 2 fully saturated rings. The number of aromatic nitrogens is 3. The average Bonchev–Trinajstić information content (AvgIpc) is 3.48. The standard InChI is InChI=1S/C33H34FN9O2/c1-3-30(44)39-27-7-4-21(16-29(27)42-14-12-41(2)13-15-42)32(45)43-10-8-24(9-11-43)38-33-37-19-22(18-35)31(40-33)26-20-36-28-17-23(34)5-6-25(26)28/h3-7,16-17,19-20,24,36H,1,8-15H2,2H3,(H,39,44)(H,37,38,40). The van der Waals surface area contributed by atoms with Crippen LogP contribution in [0.25, 0.3) is 22.2 Å². The van der Waals surface area contributed by atoms with Crippen LogP contribution in [0.15, 0.2) is 61.4 Å². The Hall–Kier alpha value is -5.28. The van der Waals surface area contributed by atoms with Gasteiger partial charge in [0.2, 0.25) is 11.9 Å². The molecule has 2 aromatic carbocycles. The van der Waals surface area contributed by atoms with Crippen molar-refractivity contribution in [3.05, 3.63) is 78.4 Å². The highest BCUT2D eigenvalue weighted by molar-refractivity contribution is 6.03. The zero-order chi connectivity index (χ0) is 31.5. The molecule has 2 aliphatic rings. The molecule has 0 aliphatic carbocycles. The number of rotatable bonds is 7. The van der Waals surface area contributed by atoms with E-state index in [1.54, 1.807) is 24.4 Å². The molecule has 0 spiro atoms. The summed E-state index contributed by atoms with van der Waals surface area (Å²) < 4.78 is 13.7. The number of H-pyrrole nitrogens is 1. The van der Waals surface area contributed by atoms with Crippen molar-refractivity contribution in [2.24, 2.45) is 0 Å². The predicted molar refractivity (Wildman–Crippen MR) is 172 cm³/mol. The Kier molecular flexibility index (Phi) is 8.44. The fraction of sp³-hybridized carbons (Fsp3) is 0.303. The zero-order valence-electron chi connectivity index (χ0n) is 25.0. The third kappa shape index (κ3) is 6.34. The number of nitriles is 1. The van der Waals surface area contributed by atoms with E-state index in [-0.39, 0.29) is 23.7 Å². The maximum Gasteiger partial charge on any atom is 0.253 e. The van der Waals surface area contributed by atoms with Crippen LogP contribution < -0.4 is 15.5 Å². The normalized spacial score (nSPS) is 15.9. The van der Waals surface area contributed by atoms with Crippen LogP contribution >= 0.6 is 0 Å². The molecule has 45 heavy (non-hydrogen) atoms. The van der Waals surface area contributed by atoms with E-state index in [1.807, 2.05) is 11.0 Å². The van der Waals surface area contributed by atoms with Gasteiger partial charge in [-0.05, 0) is 62.4 Å². The van der Waals surface area contributed by atoms with Crippen molar-refractivity contribution in [3.63, 3.8) is 0 Å². The van der Waals surface area contributed by atoms with Gasteiger partial charge < -0.3 is 30.3 Å². The van der Waals surface area contributed by atoms with Crippen molar-refractivity contribution in [2.75, 3.05) is 61.8 Å². The summed E-state index contributed by atoms with van der Waals surface area (Å²) in [5.41, 5.74) is 4.15. The molecule has 12 heteroatoms. The highest BCUT2D eigenvalue weighted by atomic mass is 19.1. The van der Waals surface area contributed by atoms with Crippen LogP contribution in [0.4, 0.5) is 21.7 Å². The number of carbonyl (C=O) groups is 2. The molecule has 11 nitrogen and oxygen atoms in total. The van der Waals surface area contributed by atoms with Gasteiger partial charge in [0.25, 0.3) is 5.91 Å². The van der Waals surface area contributed by atoms with Crippen LogP contribution in [0.1, 0.15) is 28.8 Å². The Balaban J connectivity index is 1.14. The molecule has 2 aromatic heterocycles. The second-order valence-corrected chi connectivity index (χ2v) is 11.4. The molecule has 6 rings (SSSR count). The Morgan fingerprint density at radius 1 is 1.11 bits per heavy atom. The predicted octanol–water partition coefficient (Wildman–Crippen LogP) is 4.23. The first-order chi connectivity index (χ1) is 21.8. The number of anilines is 3. The molecule has 4 aromatic rings. The summed E-state index contributed by atoms with van der Waals surface area (Å²) in [6.45, 7) is 8.01. The number of likely N-dealkylation sites (tertiary alicyclic amines) is 1. The Morgan fingerprint density at radius 3 is 2.62 bits per heavy atom. The minimum absolute atomic E-state index is 0.0318. The van der Waals surface area contributed by atoms with Crippen molar-refractivity contribution < 1.29 is 14.0 Å². The summed E-state index contributed by atoms with van der Waals surface area (Å²) in [5.74, 6) is -0.317. The van der Waals surface area contributed by atoms with Crippen LogP contribution in [0.2, 0.25) is 0 Å². The number of halogens is 1. The summed E-state index contributed by atoms with van der Waals surface area (Å²) in [6.07, 6.45) is 5.82. The van der Waals surface area contributed by atoms with Crippen molar-refractivity contribution >= 4 is 40.0 Å². The lowest BCUT2D eigenvalue weighted by Gasteiger charge is -2.36. The van der Waals surface area contributed by atoms with Gasteiger partial charge in [0.15, 0.2) is 0 Å². The van der Waals surface area contributed by atoms with Crippen LogP contribution in [-0.2, 0) is 4.79 Å². The Morgan fingerprint density at radius 2 is 1.89 bits per heavy atom.